The Morgan fingerprint density at radius 3 is 3.15 bits per heavy atom. The van der Waals surface area contributed by atoms with Crippen molar-refractivity contribution in [2.45, 2.75) is 0 Å². The van der Waals surface area contributed by atoms with Gasteiger partial charge in [0, 0.05) is 22.7 Å². The van der Waals surface area contributed by atoms with Crippen molar-refractivity contribution in [2.75, 3.05) is 12.0 Å². The average molecular weight is 171 g/mol. The van der Waals surface area contributed by atoms with Crippen molar-refractivity contribution in [1.29, 1.82) is 0 Å². The van der Waals surface area contributed by atoms with E-state index in [1.54, 1.807) is 0 Å². The van der Waals surface area contributed by atoms with Gasteiger partial charge in [0.2, 0.25) is 0 Å². The fraction of sp³-hybridized carbons (Fsp3) is 0.100. The predicted molar refractivity (Wildman–Crippen MR) is 54.4 cm³/mol. The Morgan fingerprint density at radius 1 is 1.23 bits per heavy atom. The molecule has 0 spiro atoms. The first-order valence-corrected chi connectivity index (χ1v) is 4.29. The molecule has 0 unspecified atom stereocenters. The van der Waals surface area contributed by atoms with Gasteiger partial charge < -0.3 is 10.3 Å². The lowest BCUT2D eigenvalue weighted by Gasteiger charge is -2.06. The number of H-pyrrole nitrogens is 1. The molecule has 0 amide bonds. The van der Waals surface area contributed by atoms with Gasteiger partial charge in [0.15, 0.2) is 0 Å². The lowest BCUT2D eigenvalue weighted by atomic mass is 10.2. The molecule has 1 aromatic heterocycles. The fourth-order valence-corrected chi connectivity index (χ4v) is 1.70. The Labute approximate surface area is 75.5 Å². The minimum absolute atomic E-state index is 0.666. The Hall–Kier alpha value is -1.77. The Bertz CT molecular complexity index is 482. The number of aromatic amines is 1. The van der Waals surface area contributed by atoms with Crippen molar-refractivity contribution in [3.05, 3.63) is 29.8 Å². The quantitative estimate of drug-likeness (QED) is 0.625. The van der Waals surface area contributed by atoms with Crippen LogP contribution in [0.5, 0.6) is 0 Å². The molecule has 2 heterocycles. The maximum Gasteiger partial charge on any atom is 0.114 e. The molecule has 0 atom stereocenters. The summed E-state index contributed by atoms with van der Waals surface area (Å²) in [6.07, 6.45) is 1.92. The van der Waals surface area contributed by atoms with Gasteiger partial charge in [-0.1, -0.05) is 18.2 Å². The summed E-state index contributed by atoms with van der Waals surface area (Å²) in [5.41, 5.74) is 2.33. The standard InChI is InChI=1S/C10H9N3/c1-2-4-9-7(3-1)8-5-11-6-12-10(8)13-9/h1-5,12-13H,6H2. The van der Waals surface area contributed by atoms with Crippen LogP contribution in [-0.4, -0.2) is 17.9 Å². The van der Waals surface area contributed by atoms with Crippen LogP contribution in [0.25, 0.3) is 10.9 Å². The van der Waals surface area contributed by atoms with Gasteiger partial charge in [0.05, 0.1) is 0 Å². The molecule has 0 aliphatic carbocycles. The van der Waals surface area contributed by atoms with E-state index < -0.39 is 0 Å². The zero-order valence-electron chi connectivity index (χ0n) is 7.04. The predicted octanol–water partition coefficient (Wildman–Crippen LogP) is 1.97. The lowest BCUT2D eigenvalue weighted by molar-refractivity contribution is 1.11. The van der Waals surface area contributed by atoms with Gasteiger partial charge in [-0.15, -0.1) is 0 Å². The van der Waals surface area contributed by atoms with Crippen LogP contribution in [0.3, 0.4) is 0 Å². The molecular weight excluding hydrogens is 162 g/mol. The molecule has 0 radical (unpaired) electrons. The van der Waals surface area contributed by atoms with Crippen LogP contribution >= 0.6 is 0 Å². The van der Waals surface area contributed by atoms with Crippen molar-refractivity contribution in [2.24, 2.45) is 4.99 Å². The van der Waals surface area contributed by atoms with Gasteiger partial charge in [-0.05, 0) is 6.07 Å². The van der Waals surface area contributed by atoms with E-state index in [2.05, 4.69) is 27.4 Å². The third kappa shape index (κ3) is 0.869. The monoisotopic (exact) mass is 171 g/mol. The number of anilines is 1. The van der Waals surface area contributed by atoms with E-state index in [1.807, 2.05) is 18.3 Å². The van der Waals surface area contributed by atoms with E-state index in [4.69, 9.17) is 0 Å². The number of benzene rings is 1. The first-order valence-electron chi connectivity index (χ1n) is 4.29. The highest BCUT2D eigenvalue weighted by Gasteiger charge is 2.10. The maximum atomic E-state index is 4.18. The van der Waals surface area contributed by atoms with E-state index >= 15 is 0 Å². The minimum atomic E-state index is 0.666. The number of fused-ring (bicyclic) bond motifs is 3. The zero-order chi connectivity index (χ0) is 8.67. The number of aromatic nitrogens is 1. The second kappa shape index (κ2) is 2.36. The summed E-state index contributed by atoms with van der Waals surface area (Å²) in [5.74, 6) is 1.08. The Balaban J connectivity index is 2.42. The molecule has 1 aliphatic rings. The van der Waals surface area contributed by atoms with Gasteiger partial charge in [0.25, 0.3) is 0 Å². The van der Waals surface area contributed by atoms with Crippen molar-refractivity contribution >= 4 is 22.9 Å². The number of rotatable bonds is 0. The first kappa shape index (κ1) is 6.71. The van der Waals surface area contributed by atoms with E-state index in [0.717, 1.165) is 11.3 Å². The summed E-state index contributed by atoms with van der Waals surface area (Å²) in [7, 11) is 0. The van der Waals surface area contributed by atoms with Crippen LogP contribution < -0.4 is 5.32 Å². The van der Waals surface area contributed by atoms with Gasteiger partial charge in [0.1, 0.15) is 12.5 Å². The molecule has 0 saturated carbocycles. The molecule has 3 nitrogen and oxygen atoms in total. The molecule has 0 saturated heterocycles. The molecule has 3 rings (SSSR count). The lowest BCUT2D eigenvalue weighted by Crippen LogP contribution is -2.06. The Kier molecular flexibility index (Phi) is 1.22. The third-order valence-corrected chi connectivity index (χ3v) is 2.31. The molecule has 2 aromatic rings. The number of nitrogens with one attached hydrogen (secondary N) is 2. The number of hydrogen-bond acceptors (Lipinski definition) is 2. The van der Waals surface area contributed by atoms with E-state index in [1.165, 1.54) is 10.9 Å². The highest BCUT2D eigenvalue weighted by molar-refractivity contribution is 6.05. The largest absolute Gasteiger partial charge is 0.352 e. The van der Waals surface area contributed by atoms with Crippen LogP contribution in [0.4, 0.5) is 5.82 Å². The highest BCUT2D eigenvalue weighted by Crippen LogP contribution is 2.25. The summed E-state index contributed by atoms with van der Waals surface area (Å²) in [6.45, 7) is 0.666. The van der Waals surface area contributed by atoms with Gasteiger partial charge in [-0.3, -0.25) is 4.99 Å². The van der Waals surface area contributed by atoms with Crippen molar-refractivity contribution in [1.82, 2.24) is 4.98 Å². The maximum absolute atomic E-state index is 4.18. The van der Waals surface area contributed by atoms with Crippen LogP contribution in [0.2, 0.25) is 0 Å². The summed E-state index contributed by atoms with van der Waals surface area (Å²) < 4.78 is 0. The molecule has 0 bridgehead atoms. The summed E-state index contributed by atoms with van der Waals surface area (Å²) in [5, 5.41) is 4.43. The summed E-state index contributed by atoms with van der Waals surface area (Å²) >= 11 is 0. The number of aliphatic imine (C=N–C) groups is 1. The van der Waals surface area contributed by atoms with E-state index in [9.17, 15) is 0 Å². The number of para-hydroxylation sites is 1. The summed E-state index contributed by atoms with van der Waals surface area (Å²) in [4.78, 5) is 7.50. The van der Waals surface area contributed by atoms with Gasteiger partial charge in [-0.2, -0.15) is 0 Å². The summed E-state index contributed by atoms with van der Waals surface area (Å²) in [6, 6.07) is 8.24. The smallest absolute Gasteiger partial charge is 0.114 e. The third-order valence-electron chi connectivity index (χ3n) is 2.31. The average Bonchev–Trinajstić information content (AvgIpc) is 2.56. The normalized spacial score (nSPS) is 14.2. The van der Waals surface area contributed by atoms with Crippen LogP contribution in [0.15, 0.2) is 29.3 Å². The molecule has 1 aromatic carbocycles. The van der Waals surface area contributed by atoms with Crippen molar-refractivity contribution in [3.8, 4) is 0 Å². The molecule has 2 N–H and O–H groups in total. The number of nitrogens with zero attached hydrogens (tertiary/aromatic N) is 1. The molecule has 1 aliphatic heterocycles. The minimum Gasteiger partial charge on any atom is -0.352 e. The zero-order valence-corrected chi connectivity index (χ0v) is 7.04. The van der Waals surface area contributed by atoms with Crippen LogP contribution in [0, 0.1) is 0 Å². The topological polar surface area (TPSA) is 40.2 Å². The highest BCUT2D eigenvalue weighted by atomic mass is 15.1. The molecular formula is C10H9N3. The van der Waals surface area contributed by atoms with Crippen molar-refractivity contribution < 1.29 is 0 Å². The Morgan fingerprint density at radius 2 is 2.15 bits per heavy atom. The van der Waals surface area contributed by atoms with E-state index in [-0.39, 0.29) is 0 Å². The van der Waals surface area contributed by atoms with Gasteiger partial charge in [-0.25, -0.2) is 0 Å². The SMILES string of the molecule is C1=NCNc2[nH]c3ccccc3c21. The van der Waals surface area contributed by atoms with Gasteiger partial charge >= 0.3 is 0 Å². The van der Waals surface area contributed by atoms with E-state index in [0.29, 0.717) is 6.67 Å². The fourth-order valence-electron chi connectivity index (χ4n) is 1.70. The molecule has 64 valence electrons. The first-order chi connectivity index (χ1) is 6.45. The second-order valence-electron chi connectivity index (χ2n) is 3.11. The number of hydrogen-bond donors (Lipinski definition) is 2. The molecule has 0 fully saturated rings. The van der Waals surface area contributed by atoms with Crippen molar-refractivity contribution in [3.63, 3.8) is 0 Å². The molecule has 13 heavy (non-hydrogen) atoms. The van der Waals surface area contributed by atoms with Crippen LogP contribution in [0.1, 0.15) is 5.56 Å². The van der Waals surface area contributed by atoms with Crippen LogP contribution in [-0.2, 0) is 0 Å². The second-order valence-corrected chi connectivity index (χ2v) is 3.11. The molecule has 3 heteroatoms.